The van der Waals surface area contributed by atoms with Crippen molar-refractivity contribution in [1.29, 1.82) is 0 Å². The van der Waals surface area contributed by atoms with Crippen LogP contribution in [-0.2, 0) is 6.54 Å². The van der Waals surface area contributed by atoms with E-state index in [2.05, 4.69) is 37.0 Å². The summed E-state index contributed by atoms with van der Waals surface area (Å²) >= 11 is 0. The summed E-state index contributed by atoms with van der Waals surface area (Å²) in [5.41, 5.74) is 4.37. The molecule has 0 N–H and O–H groups in total. The molecule has 0 saturated heterocycles. The summed E-state index contributed by atoms with van der Waals surface area (Å²) in [7, 11) is 0. The molecule has 0 aliphatic carbocycles. The molecular formula is C19H18N2O. The summed E-state index contributed by atoms with van der Waals surface area (Å²) in [6.07, 6.45) is 5.64. The first-order valence-corrected chi connectivity index (χ1v) is 7.32. The van der Waals surface area contributed by atoms with Crippen molar-refractivity contribution in [2.24, 2.45) is 0 Å². The minimum absolute atomic E-state index is 0.00401. The van der Waals surface area contributed by atoms with E-state index >= 15 is 0 Å². The van der Waals surface area contributed by atoms with Crippen LogP contribution >= 0.6 is 0 Å². The fourth-order valence-corrected chi connectivity index (χ4v) is 2.64. The molecule has 2 aromatic carbocycles. The molecule has 1 aromatic heterocycles. The second-order valence-electron chi connectivity index (χ2n) is 5.54. The van der Waals surface area contributed by atoms with Crippen LogP contribution in [-0.4, -0.2) is 9.55 Å². The number of hydrogen-bond donors (Lipinski definition) is 0. The number of hydrogen-bond acceptors (Lipinski definition) is 2. The van der Waals surface area contributed by atoms with Crippen LogP contribution < -0.4 is 5.56 Å². The number of nitrogens with zero attached hydrogens (tertiary/aromatic N) is 2. The average molecular weight is 290 g/mol. The highest BCUT2D eigenvalue weighted by atomic mass is 16.1. The summed E-state index contributed by atoms with van der Waals surface area (Å²) in [6, 6.07) is 13.8. The van der Waals surface area contributed by atoms with Gasteiger partial charge in [0.2, 0.25) is 0 Å². The summed E-state index contributed by atoms with van der Waals surface area (Å²) in [4.78, 5) is 16.7. The third-order valence-corrected chi connectivity index (χ3v) is 3.59. The van der Waals surface area contributed by atoms with Gasteiger partial charge in [-0.3, -0.25) is 9.36 Å². The molecule has 110 valence electrons. The highest BCUT2D eigenvalue weighted by Crippen LogP contribution is 2.10. The molecule has 1 heterocycles. The van der Waals surface area contributed by atoms with Crippen LogP contribution in [0.2, 0.25) is 0 Å². The molecule has 0 fully saturated rings. The van der Waals surface area contributed by atoms with Gasteiger partial charge in [-0.25, -0.2) is 4.98 Å². The molecule has 0 radical (unpaired) electrons. The largest absolute Gasteiger partial charge is 0.295 e. The molecule has 0 aliphatic heterocycles. The Bertz CT molecular complexity index is 886. The van der Waals surface area contributed by atoms with Gasteiger partial charge >= 0.3 is 0 Å². The van der Waals surface area contributed by atoms with E-state index in [1.54, 1.807) is 10.9 Å². The van der Waals surface area contributed by atoms with Gasteiger partial charge in [-0.2, -0.15) is 0 Å². The van der Waals surface area contributed by atoms with Crippen molar-refractivity contribution in [3.05, 3.63) is 81.9 Å². The fourth-order valence-electron chi connectivity index (χ4n) is 2.64. The van der Waals surface area contributed by atoms with Crippen molar-refractivity contribution >= 4 is 17.0 Å². The molecule has 22 heavy (non-hydrogen) atoms. The van der Waals surface area contributed by atoms with E-state index in [1.807, 2.05) is 36.4 Å². The van der Waals surface area contributed by atoms with E-state index in [4.69, 9.17) is 0 Å². The highest BCUT2D eigenvalue weighted by molar-refractivity contribution is 5.76. The smallest absolute Gasteiger partial charge is 0.261 e. The monoisotopic (exact) mass is 290 g/mol. The first kappa shape index (κ1) is 14.3. The Balaban J connectivity index is 1.86. The zero-order chi connectivity index (χ0) is 15.5. The minimum atomic E-state index is -0.00401. The van der Waals surface area contributed by atoms with Crippen molar-refractivity contribution in [3.8, 4) is 0 Å². The lowest BCUT2D eigenvalue weighted by Gasteiger charge is -2.04. The predicted octanol–water partition coefficient (Wildman–Crippen LogP) is 3.73. The summed E-state index contributed by atoms with van der Waals surface area (Å²) in [5.74, 6) is 0. The van der Waals surface area contributed by atoms with Crippen molar-refractivity contribution < 1.29 is 0 Å². The first-order chi connectivity index (χ1) is 10.6. The number of rotatable bonds is 3. The highest BCUT2D eigenvalue weighted by Gasteiger charge is 2.01. The van der Waals surface area contributed by atoms with Crippen LogP contribution in [0.5, 0.6) is 0 Å². The minimum Gasteiger partial charge on any atom is -0.295 e. The van der Waals surface area contributed by atoms with Crippen LogP contribution in [0.4, 0.5) is 0 Å². The lowest BCUT2D eigenvalue weighted by atomic mass is 10.1. The molecule has 0 saturated carbocycles. The quantitative estimate of drug-likeness (QED) is 0.736. The standard InChI is InChI=1S/C19H18N2O/c1-14-10-15(2)12-16(11-14)6-5-9-21-13-20-18-8-4-3-7-17(18)19(21)22/h3-8,10-13H,9H2,1-2H3/b6-5+. The molecule has 0 amide bonds. The van der Waals surface area contributed by atoms with E-state index < -0.39 is 0 Å². The number of aryl methyl sites for hydroxylation is 2. The molecule has 3 heteroatoms. The van der Waals surface area contributed by atoms with Gasteiger partial charge in [0.25, 0.3) is 5.56 Å². The van der Waals surface area contributed by atoms with Gasteiger partial charge in [-0.15, -0.1) is 0 Å². The Hall–Kier alpha value is -2.68. The molecule has 3 aromatic rings. The first-order valence-electron chi connectivity index (χ1n) is 7.32. The van der Waals surface area contributed by atoms with Crippen LogP contribution in [0.15, 0.2) is 59.7 Å². The second kappa shape index (κ2) is 5.98. The Morgan fingerprint density at radius 2 is 1.82 bits per heavy atom. The second-order valence-corrected chi connectivity index (χ2v) is 5.54. The third kappa shape index (κ3) is 2.98. The lowest BCUT2D eigenvalue weighted by molar-refractivity contribution is 0.769. The van der Waals surface area contributed by atoms with Gasteiger partial charge < -0.3 is 0 Å². The maximum absolute atomic E-state index is 12.4. The molecule has 0 bridgehead atoms. The molecule has 0 spiro atoms. The number of para-hydroxylation sites is 1. The van der Waals surface area contributed by atoms with Crippen LogP contribution in [0.3, 0.4) is 0 Å². The number of benzene rings is 2. The number of fused-ring (bicyclic) bond motifs is 1. The van der Waals surface area contributed by atoms with Crippen LogP contribution in [0.1, 0.15) is 16.7 Å². The van der Waals surface area contributed by atoms with E-state index in [0.29, 0.717) is 11.9 Å². The van der Waals surface area contributed by atoms with Gasteiger partial charge in [-0.05, 0) is 31.5 Å². The van der Waals surface area contributed by atoms with Gasteiger partial charge in [-0.1, -0.05) is 53.6 Å². The SMILES string of the molecule is Cc1cc(C)cc(/C=C/Cn2cnc3ccccc3c2=O)c1. The number of aromatic nitrogens is 2. The Morgan fingerprint density at radius 3 is 2.59 bits per heavy atom. The summed E-state index contributed by atoms with van der Waals surface area (Å²) in [5, 5.41) is 0.657. The van der Waals surface area contributed by atoms with E-state index in [0.717, 1.165) is 11.1 Å². The van der Waals surface area contributed by atoms with Gasteiger partial charge in [0.05, 0.1) is 17.2 Å². The van der Waals surface area contributed by atoms with Crippen molar-refractivity contribution in [2.75, 3.05) is 0 Å². The molecular weight excluding hydrogens is 272 g/mol. The zero-order valence-corrected chi connectivity index (χ0v) is 12.8. The Morgan fingerprint density at radius 1 is 1.09 bits per heavy atom. The molecule has 3 nitrogen and oxygen atoms in total. The maximum Gasteiger partial charge on any atom is 0.261 e. The fraction of sp³-hybridized carbons (Fsp3) is 0.158. The summed E-state index contributed by atoms with van der Waals surface area (Å²) in [6.45, 7) is 4.69. The average Bonchev–Trinajstić information content (AvgIpc) is 2.49. The Labute approximate surface area is 129 Å². The molecule has 0 atom stereocenters. The zero-order valence-electron chi connectivity index (χ0n) is 12.8. The van der Waals surface area contributed by atoms with Crippen LogP contribution in [0.25, 0.3) is 17.0 Å². The van der Waals surface area contributed by atoms with Crippen molar-refractivity contribution in [1.82, 2.24) is 9.55 Å². The third-order valence-electron chi connectivity index (χ3n) is 3.59. The lowest BCUT2D eigenvalue weighted by Crippen LogP contribution is -2.19. The molecule has 0 unspecified atom stereocenters. The topological polar surface area (TPSA) is 34.9 Å². The van der Waals surface area contributed by atoms with Crippen molar-refractivity contribution in [3.63, 3.8) is 0 Å². The molecule has 0 aliphatic rings. The number of allylic oxidation sites excluding steroid dienone is 1. The Kier molecular flexibility index (Phi) is 3.88. The van der Waals surface area contributed by atoms with E-state index in [9.17, 15) is 4.79 Å². The van der Waals surface area contributed by atoms with Crippen molar-refractivity contribution in [2.45, 2.75) is 20.4 Å². The maximum atomic E-state index is 12.4. The normalized spacial score (nSPS) is 11.4. The summed E-state index contributed by atoms with van der Waals surface area (Å²) < 4.78 is 1.63. The molecule has 3 rings (SSSR count). The van der Waals surface area contributed by atoms with Gasteiger partial charge in [0, 0.05) is 6.54 Å². The predicted molar refractivity (Wildman–Crippen MR) is 91.0 cm³/mol. The van der Waals surface area contributed by atoms with E-state index in [1.165, 1.54) is 11.1 Å². The van der Waals surface area contributed by atoms with Crippen LogP contribution in [0, 0.1) is 13.8 Å². The van der Waals surface area contributed by atoms with E-state index in [-0.39, 0.29) is 5.56 Å². The van der Waals surface area contributed by atoms with Gasteiger partial charge in [0.15, 0.2) is 0 Å². The van der Waals surface area contributed by atoms with Gasteiger partial charge in [0.1, 0.15) is 0 Å².